The molecule has 1 aromatic rings. The van der Waals surface area contributed by atoms with Gasteiger partial charge in [-0.1, -0.05) is 0 Å². The number of amides is 1. The van der Waals surface area contributed by atoms with Gasteiger partial charge in [0.2, 0.25) is 5.91 Å². The largest absolute Gasteiger partial charge is 0.337 e. The van der Waals surface area contributed by atoms with Gasteiger partial charge in [-0.05, 0) is 53.7 Å². The molecular weight excluding hydrogens is 388 g/mol. The molecule has 0 aromatic carbocycles. The number of hydrogen-bond acceptors (Lipinski definition) is 5. The number of carbonyl (C=O) groups is 1. The average molecular weight is 411 g/mol. The molecule has 0 radical (unpaired) electrons. The summed E-state index contributed by atoms with van der Waals surface area (Å²) in [5, 5.41) is 12.3. The lowest BCUT2D eigenvalue weighted by molar-refractivity contribution is -0.124. The fourth-order valence-corrected chi connectivity index (χ4v) is 4.70. The van der Waals surface area contributed by atoms with Gasteiger partial charge in [0, 0.05) is 37.6 Å². The predicted octanol–water partition coefficient (Wildman–Crippen LogP) is 2.44. The zero-order valence-electron chi connectivity index (χ0n) is 13.9. The minimum absolute atomic E-state index is 0.0263. The standard InChI is InChI=1S/C17H23BrN4OS/c1-17(12-19,13-2-3-13)20-16(23)11-22-8-6-21(7-9-22)10-14-4-5-15(18)24-14/h4-5,13H,2-3,6-11H2,1H3,(H,20,23)/t17-/m1/s1. The molecule has 1 atom stereocenters. The first-order chi connectivity index (χ1) is 11.5. The predicted molar refractivity (Wildman–Crippen MR) is 98.6 cm³/mol. The van der Waals surface area contributed by atoms with Crippen molar-refractivity contribution in [2.24, 2.45) is 5.92 Å². The van der Waals surface area contributed by atoms with Crippen LogP contribution in [0.1, 0.15) is 24.6 Å². The molecule has 3 rings (SSSR count). The lowest BCUT2D eigenvalue weighted by atomic mass is 9.98. The van der Waals surface area contributed by atoms with Crippen molar-refractivity contribution in [1.82, 2.24) is 15.1 Å². The minimum atomic E-state index is -0.689. The zero-order chi connectivity index (χ0) is 17.2. The van der Waals surface area contributed by atoms with Crippen LogP contribution in [0.5, 0.6) is 0 Å². The Hall–Kier alpha value is -0.940. The van der Waals surface area contributed by atoms with Crippen molar-refractivity contribution < 1.29 is 4.79 Å². The van der Waals surface area contributed by atoms with Crippen molar-refractivity contribution in [3.8, 4) is 6.07 Å². The van der Waals surface area contributed by atoms with Gasteiger partial charge in [0.15, 0.2) is 0 Å². The second kappa shape index (κ2) is 7.52. The Labute approximate surface area is 155 Å². The average Bonchev–Trinajstić information content (AvgIpc) is 3.33. The first-order valence-corrected chi connectivity index (χ1v) is 10.0. The van der Waals surface area contributed by atoms with Gasteiger partial charge in [-0.15, -0.1) is 11.3 Å². The van der Waals surface area contributed by atoms with Crippen molar-refractivity contribution in [2.45, 2.75) is 31.8 Å². The number of carbonyl (C=O) groups excluding carboxylic acids is 1. The molecule has 2 aliphatic rings. The minimum Gasteiger partial charge on any atom is -0.337 e. The van der Waals surface area contributed by atoms with Gasteiger partial charge in [0.05, 0.1) is 16.4 Å². The lowest BCUT2D eigenvalue weighted by Gasteiger charge is -2.34. The highest BCUT2D eigenvalue weighted by molar-refractivity contribution is 9.11. The smallest absolute Gasteiger partial charge is 0.235 e. The van der Waals surface area contributed by atoms with E-state index in [4.69, 9.17) is 0 Å². The zero-order valence-corrected chi connectivity index (χ0v) is 16.3. The van der Waals surface area contributed by atoms with Crippen molar-refractivity contribution >= 4 is 33.2 Å². The second-order valence-electron chi connectivity index (χ2n) is 6.89. The Morgan fingerprint density at radius 1 is 1.38 bits per heavy atom. The number of hydrogen-bond donors (Lipinski definition) is 1. The molecule has 24 heavy (non-hydrogen) atoms. The third-order valence-electron chi connectivity index (χ3n) is 4.87. The van der Waals surface area contributed by atoms with Crippen LogP contribution in [0, 0.1) is 17.2 Å². The number of thiophene rings is 1. The van der Waals surface area contributed by atoms with Gasteiger partial charge < -0.3 is 5.32 Å². The Balaban J connectivity index is 1.42. The Morgan fingerprint density at radius 3 is 2.58 bits per heavy atom. The summed E-state index contributed by atoms with van der Waals surface area (Å²) in [4.78, 5) is 18.2. The highest BCUT2D eigenvalue weighted by Crippen LogP contribution is 2.39. The van der Waals surface area contributed by atoms with Crippen LogP contribution in [-0.4, -0.2) is 54.0 Å². The first kappa shape index (κ1) is 17.9. The van der Waals surface area contributed by atoms with E-state index in [1.807, 2.05) is 6.92 Å². The summed E-state index contributed by atoms with van der Waals surface area (Å²) >= 11 is 5.28. The molecule has 7 heteroatoms. The summed E-state index contributed by atoms with van der Waals surface area (Å²) in [6.45, 7) is 6.95. The van der Waals surface area contributed by atoms with Crippen LogP contribution in [0.15, 0.2) is 15.9 Å². The van der Waals surface area contributed by atoms with E-state index in [0.717, 1.165) is 45.6 Å². The maximum absolute atomic E-state index is 12.3. The van der Waals surface area contributed by atoms with E-state index >= 15 is 0 Å². The Kier molecular flexibility index (Phi) is 5.60. The highest BCUT2D eigenvalue weighted by atomic mass is 79.9. The summed E-state index contributed by atoms with van der Waals surface area (Å²) in [5.41, 5.74) is -0.689. The van der Waals surface area contributed by atoms with Crippen molar-refractivity contribution in [3.63, 3.8) is 0 Å². The molecule has 1 N–H and O–H groups in total. The fourth-order valence-electron chi connectivity index (χ4n) is 3.18. The molecule has 1 saturated heterocycles. The van der Waals surface area contributed by atoms with Crippen LogP contribution in [0.25, 0.3) is 0 Å². The summed E-state index contributed by atoms with van der Waals surface area (Å²) < 4.78 is 1.17. The lowest BCUT2D eigenvalue weighted by Crippen LogP contribution is -2.53. The van der Waals surface area contributed by atoms with Crippen LogP contribution in [-0.2, 0) is 11.3 Å². The molecule has 0 bridgehead atoms. The molecule has 130 valence electrons. The molecule has 1 aliphatic heterocycles. The van der Waals surface area contributed by atoms with E-state index in [2.05, 4.69) is 49.2 Å². The van der Waals surface area contributed by atoms with E-state index < -0.39 is 5.54 Å². The summed E-state index contributed by atoms with van der Waals surface area (Å²) in [6.07, 6.45) is 2.09. The third kappa shape index (κ3) is 4.57. The maximum Gasteiger partial charge on any atom is 0.235 e. The van der Waals surface area contributed by atoms with E-state index in [0.29, 0.717) is 12.5 Å². The number of nitrogens with zero attached hydrogens (tertiary/aromatic N) is 3. The van der Waals surface area contributed by atoms with Crippen molar-refractivity contribution in [3.05, 3.63) is 20.8 Å². The normalized spacial score (nSPS) is 21.9. The van der Waals surface area contributed by atoms with Gasteiger partial charge in [0.25, 0.3) is 0 Å². The quantitative estimate of drug-likeness (QED) is 0.781. The summed E-state index contributed by atoms with van der Waals surface area (Å²) in [5.74, 6) is 0.301. The molecule has 2 fully saturated rings. The topological polar surface area (TPSA) is 59.4 Å². The number of rotatable bonds is 6. The number of piperazine rings is 1. The first-order valence-electron chi connectivity index (χ1n) is 8.40. The van der Waals surface area contributed by atoms with Gasteiger partial charge in [0.1, 0.15) is 5.54 Å². The number of halogens is 1. The molecule has 1 aliphatic carbocycles. The van der Waals surface area contributed by atoms with Crippen LogP contribution < -0.4 is 5.32 Å². The van der Waals surface area contributed by atoms with E-state index in [1.165, 1.54) is 8.66 Å². The monoisotopic (exact) mass is 410 g/mol. The Bertz CT molecular complexity index is 631. The number of nitriles is 1. The summed E-state index contributed by atoms with van der Waals surface area (Å²) in [6, 6.07) is 6.54. The molecule has 1 saturated carbocycles. The van der Waals surface area contributed by atoms with E-state index in [9.17, 15) is 10.1 Å². The van der Waals surface area contributed by atoms with Gasteiger partial charge in [-0.3, -0.25) is 14.6 Å². The van der Waals surface area contributed by atoms with E-state index in [1.54, 1.807) is 11.3 Å². The van der Waals surface area contributed by atoms with Crippen LogP contribution in [0.3, 0.4) is 0 Å². The molecule has 1 amide bonds. The highest BCUT2D eigenvalue weighted by Gasteiger charge is 2.43. The van der Waals surface area contributed by atoms with Gasteiger partial charge in [-0.25, -0.2) is 0 Å². The van der Waals surface area contributed by atoms with Gasteiger partial charge >= 0.3 is 0 Å². The van der Waals surface area contributed by atoms with Crippen molar-refractivity contribution in [1.29, 1.82) is 5.26 Å². The second-order valence-corrected chi connectivity index (χ2v) is 9.44. The van der Waals surface area contributed by atoms with Crippen LogP contribution >= 0.6 is 27.3 Å². The molecule has 1 aromatic heterocycles. The van der Waals surface area contributed by atoms with Crippen LogP contribution in [0.4, 0.5) is 0 Å². The van der Waals surface area contributed by atoms with Crippen LogP contribution in [0.2, 0.25) is 0 Å². The van der Waals surface area contributed by atoms with Crippen molar-refractivity contribution in [2.75, 3.05) is 32.7 Å². The SMILES string of the molecule is C[C@](C#N)(NC(=O)CN1CCN(Cc2ccc(Br)s2)CC1)C1CC1. The molecule has 5 nitrogen and oxygen atoms in total. The third-order valence-corrected chi connectivity index (χ3v) is 6.47. The number of nitrogens with one attached hydrogen (secondary N) is 1. The maximum atomic E-state index is 12.3. The molecule has 2 heterocycles. The summed E-state index contributed by atoms with van der Waals surface area (Å²) in [7, 11) is 0. The fraction of sp³-hybridized carbons (Fsp3) is 0.647. The molecular formula is C17H23BrN4OS. The Morgan fingerprint density at radius 2 is 2.04 bits per heavy atom. The molecule has 0 spiro atoms. The van der Waals surface area contributed by atoms with Gasteiger partial charge in [-0.2, -0.15) is 5.26 Å². The molecule has 0 unspecified atom stereocenters. The van der Waals surface area contributed by atoms with E-state index in [-0.39, 0.29) is 5.91 Å².